The molecule has 0 aromatic carbocycles. The highest BCUT2D eigenvalue weighted by Gasteiger charge is 2.15. The fraction of sp³-hybridized carbons (Fsp3) is 0.400. The van der Waals surface area contributed by atoms with Gasteiger partial charge in [-0.2, -0.15) is 5.10 Å². The van der Waals surface area contributed by atoms with Gasteiger partial charge >= 0.3 is 0 Å². The zero-order valence-corrected chi connectivity index (χ0v) is 8.70. The summed E-state index contributed by atoms with van der Waals surface area (Å²) >= 11 is 0. The molecule has 6 heteroatoms. The molecule has 4 nitrogen and oxygen atoms in total. The van der Waals surface area contributed by atoms with Gasteiger partial charge < -0.3 is 4.98 Å². The van der Waals surface area contributed by atoms with Crippen LogP contribution in [0.15, 0.2) is 17.1 Å². The third-order valence-electron chi connectivity index (χ3n) is 2.29. The number of pyridine rings is 1. The second kappa shape index (κ2) is 4.03. The molecule has 0 bridgehead atoms. The summed E-state index contributed by atoms with van der Waals surface area (Å²) in [6, 6.07) is 0.922. The van der Waals surface area contributed by atoms with Gasteiger partial charge in [0.15, 0.2) is 5.65 Å². The zero-order valence-electron chi connectivity index (χ0n) is 8.70. The minimum absolute atomic E-state index is 0.219. The lowest BCUT2D eigenvalue weighted by molar-refractivity contribution is 0.153. The second-order valence-corrected chi connectivity index (χ2v) is 3.54. The maximum Gasteiger partial charge on any atom is 0.264 e. The van der Waals surface area contributed by atoms with Crippen LogP contribution in [0.4, 0.5) is 8.78 Å². The summed E-state index contributed by atoms with van der Waals surface area (Å²) in [5.41, 5.74) is -0.595. The summed E-state index contributed by atoms with van der Waals surface area (Å²) in [6.45, 7) is 2.60. The molecule has 0 aliphatic rings. The molecule has 2 aromatic rings. The van der Waals surface area contributed by atoms with E-state index in [-0.39, 0.29) is 11.2 Å². The number of alkyl halides is 2. The van der Waals surface area contributed by atoms with Crippen LogP contribution in [0.2, 0.25) is 0 Å². The van der Waals surface area contributed by atoms with Crippen molar-refractivity contribution in [1.29, 1.82) is 0 Å². The van der Waals surface area contributed by atoms with Crippen LogP contribution in [0.1, 0.15) is 25.3 Å². The summed E-state index contributed by atoms with van der Waals surface area (Å²) in [4.78, 5) is 13.6. The summed E-state index contributed by atoms with van der Waals surface area (Å²) in [5, 5.41) is 4.34. The predicted octanol–water partition coefficient (Wildman–Crippen LogP) is 2.07. The summed E-state index contributed by atoms with van der Waals surface area (Å²) in [5.74, 6) is 0. The van der Waals surface area contributed by atoms with E-state index < -0.39 is 12.0 Å². The van der Waals surface area contributed by atoms with Gasteiger partial charge in [-0.3, -0.25) is 9.48 Å². The van der Waals surface area contributed by atoms with Crippen molar-refractivity contribution in [3.63, 3.8) is 0 Å². The lowest BCUT2D eigenvalue weighted by atomic mass is 10.2. The number of rotatable bonds is 3. The van der Waals surface area contributed by atoms with Gasteiger partial charge in [0, 0.05) is 29.8 Å². The molecule has 0 saturated heterocycles. The summed E-state index contributed by atoms with van der Waals surface area (Å²) < 4.78 is 26.9. The SMILES string of the molecule is CCCn1cc2c(C(F)F)cc(=O)[nH]c2n1. The molecule has 0 aliphatic carbocycles. The van der Waals surface area contributed by atoms with Crippen LogP contribution in [-0.2, 0) is 6.54 Å². The van der Waals surface area contributed by atoms with E-state index in [1.807, 2.05) is 6.92 Å². The largest absolute Gasteiger partial charge is 0.305 e. The third kappa shape index (κ3) is 1.82. The van der Waals surface area contributed by atoms with Crippen LogP contribution in [0.5, 0.6) is 0 Å². The first-order chi connectivity index (χ1) is 7.61. The maximum absolute atomic E-state index is 12.7. The number of nitrogens with one attached hydrogen (secondary N) is 1. The molecule has 0 spiro atoms. The summed E-state index contributed by atoms with van der Waals surface area (Å²) in [7, 11) is 0. The van der Waals surface area contributed by atoms with Crippen molar-refractivity contribution in [2.24, 2.45) is 0 Å². The van der Waals surface area contributed by atoms with Gasteiger partial charge in [-0.15, -0.1) is 0 Å². The van der Waals surface area contributed by atoms with Gasteiger partial charge in [-0.05, 0) is 6.42 Å². The van der Waals surface area contributed by atoms with Crippen LogP contribution in [0.3, 0.4) is 0 Å². The number of aromatic amines is 1. The zero-order chi connectivity index (χ0) is 11.7. The minimum Gasteiger partial charge on any atom is -0.305 e. The number of hydrogen-bond acceptors (Lipinski definition) is 2. The highest BCUT2D eigenvalue weighted by atomic mass is 19.3. The highest BCUT2D eigenvalue weighted by Crippen LogP contribution is 2.24. The monoisotopic (exact) mass is 227 g/mol. The fourth-order valence-corrected chi connectivity index (χ4v) is 1.62. The molecule has 0 unspecified atom stereocenters. The third-order valence-corrected chi connectivity index (χ3v) is 2.29. The average Bonchev–Trinajstić information content (AvgIpc) is 2.59. The van der Waals surface area contributed by atoms with Gasteiger partial charge in [-0.25, -0.2) is 8.78 Å². The Bertz CT molecular complexity index is 559. The van der Waals surface area contributed by atoms with Crippen molar-refractivity contribution >= 4 is 11.0 Å². The number of fused-ring (bicyclic) bond motifs is 1. The van der Waals surface area contributed by atoms with Crippen molar-refractivity contribution < 1.29 is 8.78 Å². The first-order valence-electron chi connectivity index (χ1n) is 5.00. The molecule has 2 heterocycles. The lowest BCUT2D eigenvalue weighted by Crippen LogP contribution is -2.06. The topological polar surface area (TPSA) is 50.7 Å². The molecule has 2 rings (SSSR count). The van der Waals surface area contributed by atoms with Crippen molar-refractivity contribution in [2.45, 2.75) is 26.3 Å². The fourth-order valence-electron chi connectivity index (χ4n) is 1.62. The number of hydrogen-bond donors (Lipinski definition) is 1. The molecular formula is C10H11F2N3O. The number of H-pyrrole nitrogens is 1. The number of aromatic nitrogens is 3. The summed E-state index contributed by atoms with van der Waals surface area (Å²) in [6.07, 6.45) is -0.275. The molecule has 0 saturated carbocycles. The minimum atomic E-state index is -2.66. The Balaban J connectivity index is 2.65. The first-order valence-corrected chi connectivity index (χ1v) is 5.00. The number of nitrogens with zero attached hydrogens (tertiary/aromatic N) is 2. The van der Waals surface area contributed by atoms with E-state index in [1.54, 1.807) is 4.68 Å². The van der Waals surface area contributed by atoms with E-state index in [1.165, 1.54) is 6.20 Å². The van der Waals surface area contributed by atoms with E-state index in [2.05, 4.69) is 10.1 Å². The lowest BCUT2D eigenvalue weighted by Gasteiger charge is -1.98. The van der Waals surface area contributed by atoms with Crippen LogP contribution >= 0.6 is 0 Å². The van der Waals surface area contributed by atoms with Crippen molar-refractivity contribution in [2.75, 3.05) is 0 Å². The molecule has 1 N–H and O–H groups in total. The van der Waals surface area contributed by atoms with Gasteiger partial charge in [0.25, 0.3) is 6.43 Å². The Morgan fingerprint density at radius 3 is 2.94 bits per heavy atom. The molecular weight excluding hydrogens is 216 g/mol. The van der Waals surface area contributed by atoms with Gasteiger partial charge in [0.1, 0.15) is 0 Å². The Kier molecular flexibility index (Phi) is 2.72. The molecule has 16 heavy (non-hydrogen) atoms. The van der Waals surface area contributed by atoms with E-state index in [9.17, 15) is 13.6 Å². The molecule has 0 atom stereocenters. The van der Waals surface area contributed by atoms with E-state index in [4.69, 9.17) is 0 Å². The van der Waals surface area contributed by atoms with Crippen LogP contribution in [-0.4, -0.2) is 14.8 Å². The smallest absolute Gasteiger partial charge is 0.264 e. The molecule has 0 fully saturated rings. The van der Waals surface area contributed by atoms with Crippen molar-refractivity contribution in [1.82, 2.24) is 14.8 Å². The van der Waals surface area contributed by atoms with E-state index in [0.717, 1.165) is 12.5 Å². The van der Waals surface area contributed by atoms with Gasteiger partial charge in [0.05, 0.1) is 0 Å². The predicted molar refractivity (Wildman–Crippen MR) is 55.6 cm³/mol. The Labute approximate surface area is 89.9 Å². The molecule has 2 aromatic heterocycles. The van der Waals surface area contributed by atoms with Crippen LogP contribution in [0, 0.1) is 0 Å². The van der Waals surface area contributed by atoms with Crippen LogP contribution < -0.4 is 5.56 Å². The first kappa shape index (κ1) is 10.8. The molecule has 86 valence electrons. The quantitative estimate of drug-likeness (QED) is 0.872. The normalized spacial score (nSPS) is 11.5. The van der Waals surface area contributed by atoms with E-state index >= 15 is 0 Å². The number of aryl methyl sites for hydroxylation is 1. The maximum atomic E-state index is 12.7. The standard InChI is InChI=1S/C10H11F2N3O/c1-2-3-15-5-7-6(9(11)12)4-8(16)13-10(7)14-15/h4-5,9H,2-3H2,1H3,(H,13,14,16). The van der Waals surface area contributed by atoms with Crippen molar-refractivity contribution in [3.8, 4) is 0 Å². The molecule has 0 radical (unpaired) electrons. The second-order valence-electron chi connectivity index (χ2n) is 3.54. The van der Waals surface area contributed by atoms with Gasteiger partial charge in [-0.1, -0.05) is 6.92 Å². The Hall–Kier alpha value is -1.72. The van der Waals surface area contributed by atoms with Crippen molar-refractivity contribution in [3.05, 3.63) is 28.2 Å². The highest BCUT2D eigenvalue weighted by molar-refractivity contribution is 5.78. The molecule has 0 aliphatic heterocycles. The Morgan fingerprint density at radius 2 is 2.31 bits per heavy atom. The molecule has 0 amide bonds. The Morgan fingerprint density at radius 1 is 1.56 bits per heavy atom. The van der Waals surface area contributed by atoms with Gasteiger partial charge in [0.2, 0.25) is 5.56 Å². The number of halogens is 2. The average molecular weight is 227 g/mol. The van der Waals surface area contributed by atoms with E-state index in [0.29, 0.717) is 11.9 Å². The van der Waals surface area contributed by atoms with Crippen LogP contribution in [0.25, 0.3) is 11.0 Å².